The van der Waals surface area contributed by atoms with Crippen molar-refractivity contribution >= 4 is 17.2 Å². The topological polar surface area (TPSA) is 29.1 Å². The van der Waals surface area contributed by atoms with E-state index < -0.39 is 0 Å². The summed E-state index contributed by atoms with van der Waals surface area (Å²) in [5.41, 5.74) is 1.06. The van der Waals surface area contributed by atoms with Crippen LogP contribution in [0, 0.1) is 12.3 Å². The fourth-order valence-corrected chi connectivity index (χ4v) is 1.58. The maximum absolute atomic E-state index is 11.2. The molecule has 0 aliphatic rings. The second-order valence-electron chi connectivity index (χ2n) is 2.61. The lowest BCUT2D eigenvalue weighted by Gasteiger charge is -2.00. The molecule has 2 nitrogen and oxygen atoms in total. The third kappa shape index (κ3) is 3.77. The number of rotatable bonds is 4. The van der Waals surface area contributed by atoms with Crippen LogP contribution in [0.25, 0.3) is 0 Å². The molecule has 1 heterocycles. The van der Waals surface area contributed by atoms with E-state index >= 15 is 0 Å². The molecule has 0 spiro atoms. The predicted octanol–water partition coefficient (Wildman–Crippen LogP) is 1.43. The first-order valence-corrected chi connectivity index (χ1v) is 4.98. The van der Waals surface area contributed by atoms with Crippen LogP contribution in [0.3, 0.4) is 0 Å². The lowest BCUT2D eigenvalue weighted by Crippen LogP contribution is -2.25. The summed E-state index contributed by atoms with van der Waals surface area (Å²) in [6, 6.07) is 1.95. The van der Waals surface area contributed by atoms with Gasteiger partial charge in [-0.25, -0.2) is 0 Å². The number of hydrogen-bond acceptors (Lipinski definition) is 2. The van der Waals surface area contributed by atoms with Crippen LogP contribution in [0.5, 0.6) is 0 Å². The minimum Gasteiger partial charge on any atom is -0.355 e. The number of thiophene rings is 1. The normalized spacial score (nSPS) is 9.15. The highest BCUT2D eigenvalue weighted by Crippen LogP contribution is 2.05. The molecule has 0 saturated heterocycles. The highest BCUT2D eigenvalue weighted by Gasteiger charge is 2.01. The summed E-state index contributed by atoms with van der Waals surface area (Å²) >= 11 is 1.60. The number of hydrogen-bond donors (Lipinski definition) is 1. The van der Waals surface area contributed by atoms with E-state index in [0.717, 1.165) is 5.56 Å². The summed E-state index contributed by atoms with van der Waals surface area (Å²) in [4.78, 5) is 11.2. The number of carbonyl (C=O) groups is 1. The molecule has 0 aliphatic heterocycles. The monoisotopic (exact) mass is 193 g/mol. The van der Waals surface area contributed by atoms with Crippen molar-refractivity contribution in [1.29, 1.82) is 0 Å². The first-order valence-electron chi connectivity index (χ1n) is 4.04. The first-order chi connectivity index (χ1) is 6.33. The van der Waals surface area contributed by atoms with E-state index in [0.29, 0.717) is 19.4 Å². The number of nitrogens with one attached hydrogen (secondary N) is 1. The molecule has 1 N–H and O–H groups in total. The van der Waals surface area contributed by atoms with Crippen LogP contribution >= 0.6 is 11.3 Å². The van der Waals surface area contributed by atoms with Gasteiger partial charge in [-0.05, 0) is 22.4 Å². The average molecular weight is 193 g/mol. The van der Waals surface area contributed by atoms with Gasteiger partial charge in [0.2, 0.25) is 5.91 Å². The van der Waals surface area contributed by atoms with Crippen molar-refractivity contribution in [3.63, 3.8) is 0 Å². The molecule has 1 amide bonds. The average Bonchev–Trinajstić information content (AvgIpc) is 2.57. The Morgan fingerprint density at radius 3 is 3.15 bits per heavy atom. The molecule has 0 atom stereocenters. The van der Waals surface area contributed by atoms with Gasteiger partial charge in [0.25, 0.3) is 0 Å². The lowest BCUT2D eigenvalue weighted by atomic mass is 10.2. The van der Waals surface area contributed by atoms with Gasteiger partial charge in [0.05, 0.1) is 6.42 Å². The van der Waals surface area contributed by atoms with Crippen LogP contribution in [-0.4, -0.2) is 12.5 Å². The van der Waals surface area contributed by atoms with E-state index in [2.05, 4.69) is 11.2 Å². The smallest absolute Gasteiger partial charge is 0.224 e. The van der Waals surface area contributed by atoms with E-state index in [1.807, 2.05) is 16.8 Å². The molecule has 0 saturated carbocycles. The molecule has 0 aromatic carbocycles. The predicted molar refractivity (Wildman–Crippen MR) is 54.5 cm³/mol. The van der Waals surface area contributed by atoms with Gasteiger partial charge in [-0.3, -0.25) is 4.79 Å². The zero-order valence-electron chi connectivity index (χ0n) is 7.25. The van der Waals surface area contributed by atoms with Crippen molar-refractivity contribution in [2.45, 2.75) is 12.8 Å². The number of amides is 1. The molecular weight excluding hydrogens is 182 g/mol. The summed E-state index contributed by atoms with van der Waals surface area (Å²) in [6.07, 6.45) is 6.10. The highest BCUT2D eigenvalue weighted by atomic mass is 32.1. The fourth-order valence-electron chi connectivity index (χ4n) is 0.915. The zero-order valence-corrected chi connectivity index (χ0v) is 8.06. The Kier molecular flexibility index (Phi) is 4.07. The van der Waals surface area contributed by atoms with Crippen LogP contribution in [0.15, 0.2) is 16.8 Å². The summed E-state index contributed by atoms with van der Waals surface area (Å²) in [7, 11) is 0. The van der Waals surface area contributed by atoms with Crippen LogP contribution in [-0.2, 0) is 11.2 Å². The van der Waals surface area contributed by atoms with Gasteiger partial charge >= 0.3 is 0 Å². The van der Waals surface area contributed by atoms with E-state index in [9.17, 15) is 4.79 Å². The Bertz CT molecular complexity index is 297. The minimum absolute atomic E-state index is 0.0358. The molecule has 0 radical (unpaired) electrons. The third-order valence-corrected chi connectivity index (χ3v) is 2.27. The maximum atomic E-state index is 11.2. The van der Waals surface area contributed by atoms with Gasteiger partial charge in [0, 0.05) is 13.0 Å². The largest absolute Gasteiger partial charge is 0.355 e. The SMILES string of the molecule is C#CCCNC(=O)Cc1ccsc1. The van der Waals surface area contributed by atoms with Gasteiger partial charge in [-0.2, -0.15) is 11.3 Å². The van der Waals surface area contributed by atoms with Crippen molar-refractivity contribution in [3.05, 3.63) is 22.4 Å². The summed E-state index contributed by atoms with van der Waals surface area (Å²) < 4.78 is 0. The van der Waals surface area contributed by atoms with Gasteiger partial charge in [0.1, 0.15) is 0 Å². The maximum Gasteiger partial charge on any atom is 0.224 e. The second-order valence-corrected chi connectivity index (χ2v) is 3.39. The summed E-state index contributed by atoms with van der Waals surface area (Å²) in [6.45, 7) is 0.569. The Morgan fingerprint density at radius 2 is 2.54 bits per heavy atom. The van der Waals surface area contributed by atoms with Gasteiger partial charge < -0.3 is 5.32 Å². The van der Waals surface area contributed by atoms with Gasteiger partial charge in [0.15, 0.2) is 0 Å². The van der Waals surface area contributed by atoms with Crippen molar-refractivity contribution in [2.75, 3.05) is 6.54 Å². The van der Waals surface area contributed by atoms with Crippen molar-refractivity contribution in [2.24, 2.45) is 0 Å². The van der Waals surface area contributed by atoms with Gasteiger partial charge in [-0.15, -0.1) is 12.3 Å². The molecule has 1 aromatic rings. The molecule has 1 aromatic heterocycles. The molecule has 1 rings (SSSR count). The quantitative estimate of drug-likeness (QED) is 0.569. The van der Waals surface area contributed by atoms with E-state index in [1.54, 1.807) is 11.3 Å². The second kappa shape index (κ2) is 5.39. The van der Waals surface area contributed by atoms with Crippen LogP contribution < -0.4 is 5.32 Å². The molecule has 0 bridgehead atoms. The van der Waals surface area contributed by atoms with Crippen molar-refractivity contribution in [3.8, 4) is 12.3 Å². The van der Waals surface area contributed by atoms with E-state index in [4.69, 9.17) is 6.42 Å². The third-order valence-electron chi connectivity index (χ3n) is 1.54. The zero-order chi connectivity index (χ0) is 9.52. The van der Waals surface area contributed by atoms with Crippen molar-refractivity contribution < 1.29 is 4.79 Å². The standard InChI is InChI=1S/C10H11NOS/c1-2-3-5-11-10(12)7-9-4-6-13-8-9/h1,4,6,8H,3,5,7H2,(H,11,12). The van der Waals surface area contributed by atoms with Crippen LogP contribution in [0.1, 0.15) is 12.0 Å². The van der Waals surface area contributed by atoms with Crippen LogP contribution in [0.4, 0.5) is 0 Å². The van der Waals surface area contributed by atoms with Crippen LogP contribution in [0.2, 0.25) is 0 Å². The Labute approximate surface area is 82.0 Å². The lowest BCUT2D eigenvalue weighted by molar-refractivity contribution is -0.120. The molecule has 68 valence electrons. The Hall–Kier alpha value is -1.27. The molecule has 0 aliphatic carbocycles. The van der Waals surface area contributed by atoms with Crippen molar-refractivity contribution in [1.82, 2.24) is 5.32 Å². The first kappa shape index (κ1) is 9.82. The Balaban J connectivity index is 2.23. The molecule has 0 unspecified atom stereocenters. The van der Waals surface area contributed by atoms with E-state index in [-0.39, 0.29) is 5.91 Å². The molecule has 3 heteroatoms. The highest BCUT2D eigenvalue weighted by molar-refractivity contribution is 7.07. The molecule has 0 fully saturated rings. The summed E-state index contributed by atoms with van der Waals surface area (Å²) in [5.74, 6) is 2.51. The number of terminal acetylenes is 1. The summed E-state index contributed by atoms with van der Waals surface area (Å²) in [5, 5.41) is 6.68. The Morgan fingerprint density at radius 1 is 1.69 bits per heavy atom. The fraction of sp³-hybridized carbons (Fsp3) is 0.300. The molecular formula is C10H11NOS. The minimum atomic E-state index is 0.0358. The molecule has 13 heavy (non-hydrogen) atoms. The van der Waals surface area contributed by atoms with Gasteiger partial charge in [-0.1, -0.05) is 0 Å². The number of carbonyl (C=O) groups excluding carboxylic acids is 1. The van der Waals surface area contributed by atoms with E-state index in [1.165, 1.54) is 0 Å².